The third-order valence-corrected chi connectivity index (χ3v) is 7.63. The minimum absolute atomic E-state index is 0.0367. The number of sulfonamides is 1. The summed E-state index contributed by atoms with van der Waals surface area (Å²) < 4.78 is 46.8. The number of carbonyl (C=O) groups excluding carboxylic acids is 1. The SMILES string of the molecule is COC(=O)C1CN(S(C)(=O)=NS(=O)(=O)c2ccccc2C)C1. The van der Waals surface area contributed by atoms with E-state index in [-0.39, 0.29) is 23.9 Å². The Balaban J connectivity index is 2.27. The van der Waals surface area contributed by atoms with Crippen LogP contribution in [0, 0.1) is 12.8 Å². The summed E-state index contributed by atoms with van der Waals surface area (Å²) in [5.41, 5.74) is 0.539. The quantitative estimate of drug-likeness (QED) is 0.752. The second-order valence-electron chi connectivity index (χ2n) is 5.14. The molecular weight excluding hydrogens is 328 g/mol. The number of hydrogen-bond donors (Lipinski definition) is 0. The maximum Gasteiger partial charge on any atom is 0.311 e. The van der Waals surface area contributed by atoms with Crippen LogP contribution in [0.3, 0.4) is 0 Å². The molecule has 122 valence electrons. The third-order valence-electron chi connectivity index (χ3n) is 3.47. The van der Waals surface area contributed by atoms with E-state index < -0.39 is 25.9 Å². The number of hydrogen-bond acceptors (Lipinski definition) is 5. The van der Waals surface area contributed by atoms with E-state index in [4.69, 9.17) is 0 Å². The smallest absolute Gasteiger partial charge is 0.311 e. The van der Waals surface area contributed by atoms with Crippen molar-refractivity contribution in [2.24, 2.45) is 9.69 Å². The summed E-state index contributed by atoms with van der Waals surface area (Å²) in [7, 11) is -5.85. The molecule has 1 aliphatic rings. The van der Waals surface area contributed by atoms with Gasteiger partial charge >= 0.3 is 5.97 Å². The highest BCUT2D eigenvalue weighted by atomic mass is 32.3. The molecular formula is C13H18N2O5S2. The van der Waals surface area contributed by atoms with Gasteiger partial charge in [-0.1, -0.05) is 22.0 Å². The third kappa shape index (κ3) is 3.31. The fourth-order valence-electron chi connectivity index (χ4n) is 2.15. The highest BCUT2D eigenvalue weighted by Gasteiger charge is 2.38. The normalized spacial score (nSPS) is 19.0. The van der Waals surface area contributed by atoms with E-state index in [0.29, 0.717) is 5.56 Å². The summed E-state index contributed by atoms with van der Waals surface area (Å²) >= 11 is 0. The molecule has 9 heteroatoms. The lowest BCUT2D eigenvalue weighted by Crippen LogP contribution is -2.52. The van der Waals surface area contributed by atoms with Gasteiger partial charge in [-0.05, 0) is 18.6 Å². The lowest BCUT2D eigenvalue weighted by molar-refractivity contribution is -0.149. The van der Waals surface area contributed by atoms with Gasteiger partial charge in [0, 0.05) is 19.3 Å². The second kappa shape index (κ2) is 5.98. The Kier molecular flexibility index (Phi) is 4.59. The number of benzene rings is 1. The van der Waals surface area contributed by atoms with Gasteiger partial charge in [0.1, 0.15) is 9.92 Å². The van der Waals surface area contributed by atoms with Crippen LogP contribution in [0.5, 0.6) is 0 Å². The Bertz CT molecular complexity index is 803. The molecule has 2 rings (SSSR count). The highest BCUT2D eigenvalue weighted by Crippen LogP contribution is 2.24. The Hall–Kier alpha value is -1.45. The van der Waals surface area contributed by atoms with Gasteiger partial charge in [0.25, 0.3) is 10.0 Å². The predicted octanol–water partition coefficient (Wildman–Crippen LogP) is 0.801. The minimum Gasteiger partial charge on any atom is -0.469 e. The molecule has 1 unspecified atom stereocenters. The van der Waals surface area contributed by atoms with Gasteiger partial charge in [0.05, 0.1) is 17.9 Å². The number of carbonyl (C=O) groups is 1. The van der Waals surface area contributed by atoms with Crippen molar-refractivity contribution in [3.8, 4) is 0 Å². The molecule has 0 spiro atoms. The molecule has 0 aromatic heterocycles. The molecule has 1 saturated heterocycles. The van der Waals surface area contributed by atoms with Crippen LogP contribution in [0.25, 0.3) is 0 Å². The Morgan fingerprint density at radius 1 is 1.27 bits per heavy atom. The van der Waals surface area contributed by atoms with Crippen LogP contribution in [-0.2, 0) is 29.5 Å². The van der Waals surface area contributed by atoms with E-state index in [1.807, 2.05) is 0 Å². The number of esters is 1. The van der Waals surface area contributed by atoms with Crippen molar-refractivity contribution in [1.29, 1.82) is 0 Å². The van der Waals surface area contributed by atoms with Crippen molar-refractivity contribution >= 4 is 25.9 Å². The van der Waals surface area contributed by atoms with Gasteiger partial charge in [-0.15, -0.1) is 0 Å². The number of nitrogens with zero attached hydrogens (tertiary/aromatic N) is 2. The molecule has 0 saturated carbocycles. The largest absolute Gasteiger partial charge is 0.469 e. The van der Waals surface area contributed by atoms with Gasteiger partial charge in [0.2, 0.25) is 0 Å². The summed E-state index contributed by atoms with van der Waals surface area (Å²) in [6.07, 6.45) is 1.26. The van der Waals surface area contributed by atoms with Crippen LogP contribution in [0.1, 0.15) is 5.56 Å². The van der Waals surface area contributed by atoms with E-state index in [0.717, 1.165) is 0 Å². The topological polar surface area (TPSA) is 93.1 Å². The molecule has 1 fully saturated rings. The standard InChI is InChI=1S/C13H18N2O5S2/c1-10-6-4-5-7-12(10)22(18,19)14-21(3,17)15-8-11(9-15)13(16)20-2/h4-7,11H,8-9H2,1-3H3. The molecule has 1 aromatic rings. The molecule has 0 N–H and O–H groups in total. The number of ether oxygens (including phenoxy) is 1. The van der Waals surface area contributed by atoms with Crippen molar-refractivity contribution in [3.63, 3.8) is 0 Å². The predicted molar refractivity (Wildman–Crippen MR) is 81.9 cm³/mol. The summed E-state index contributed by atoms with van der Waals surface area (Å²) in [5.74, 6) is -0.782. The molecule has 1 atom stereocenters. The number of methoxy groups -OCH3 is 1. The average Bonchev–Trinajstić information content (AvgIpc) is 2.35. The summed E-state index contributed by atoms with van der Waals surface area (Å²) in [4.78, 5) is 11.4. The fraction of sp³-hybridized carbons (Fsp3) is 0.462. The first kappa shape index (κ1) is 16.9. The van der Waals surface area contributed by atoms with E-state index >= 15 is 0 Å². The number of rotatable bonds is 4. The van der Waals surface area contributed by atoms with Gasteiger partial charge < -0.3 is 4.74 Å². The van der Waals surface area contributed by atoms with Crippen molar-refractivity contribution < 1.29 is 22.2 Å². The molecule has 1 aliphatic heterocycles. The minimum atomic E-state index is -4.02. The van der Waals surface area contributed by atoms with Crippen molar-refractivity contribution in [2.75, 3.05) is 26.5 Å². The zero-order chi connectivity index (χ0) is 16.5. The first-order valence-electron chi connectivity index (χ1n) is 6.54. The monoisotopic (exact) mass is 346 g/mol. The lowest BCUT2D eigenvalue weighted by Gasteiger charge is -2.37. The highest BCUT2D eigenvalue weighted by molar-refractivity contribution is 8.01. The van der Waals surface area contributed by atoms with E-state index in [1.165, 1.54) is 23.7 Å². The van der Waals surface area contributed by atoms with Gasteiger partial charge in [-0.25, -0.2) is 8.51 Å². The number of aryl methyl sites for hydroxylation is 1. The molecule has 0 amide bonds. The molecule has 0 aliphatic carbocycles. The van der Waals surface area contributed by atoms with Crippen LogP contribution in [-0.4, -0.2) is 49.4 Å². The average molecular weight is 346 g/mol. The Morgan fingerprint density at radius 3 is 2.41 bits per heavy atom. The van der Waals surface area contributed by atoms with Gasteiger partial charge in [-0.3, -0.25) is 4.79 Å². The second-order valence-corrected chi connectivity index (χ2v) is 9.17. The molecule has 0 bridgehead atoms. The van der Waals surface area contributed by atoms with Crippen LogP contribution in [0.15, 0.2) is 32.9 Å². The van der Waals surface area contributed by atoms with Crippen molar-refractivity contribution in [2.45, 2.75) is 11.8 Å². The first-order chi connectivity index (χ1) is 10.2. The lowest BCUT2D eigenvalue weighted by atomic mass is 10.0. The molecule has 22 heavy (non-hydrogen) atoms. The maximum atomic E-state index is 12.6. The first-order valence-corrected chi connectivity index (χ1v) is 9.86. The molecule has 1 aromatic carbocycles. The molecule has 7 nitrogen and oxygen atoms in total. The van der Waals surface area contributed by atoms with Crippen LogP contribution in [0.4, 0.5) is 0 Å². The molecule has 1 heterocycles. The van der Waals surface area contributed by atoms with Gasteiger partial charge in [-0.2, -0.15) is 8.42 Å². The van der Waals surface area contributed by atoms with Gasteiger partial charge in [0.15, 0.2) is 0 Å². The Morgan fingerprint density at radius 2 is 1.86 bits per heavy atom. The summed E-state index contributed by atoms with van der Waals surface area (Å²) in [5, 5.41) is 0. The summed E-state index contributed by atoms with van der Waals surface area (Å²) in [6, 6.07) is 6.38. The maximum absolute atomic E-state index is 12.6. The zero-order valence-electron chi connectivity index (χ0n) is 12.6. The van der Waals surface area contributed by atoms with E-state index in [1.54, 1.807) is 25.1 Å². The van der Waals surface area contributed by atoms with Crippen molar-refractivity contribution in [3.05, 3.63) is 29.8 Å². The zero-order valence-corrected chi connectivity index (χ0v) is 14.2. The van der Waals surface area contributed by atoms with Crippen LogP contribution in [0.2, 0.25) is 0 Å². The van der Waals surface area contributed by atoms with Crippen molar-refractivity contribution in [1.82, 2.24) is 4.31 Å². The fourth-order valence-corrected chi connectivity index (χ4v) is 5.94. The Labute approximate surface area is 130 Å². The molecule has 0 radical (unpaired) electrons. The summed E-state index contributed by atoms with van der Waals surface area (Å²) in [6.45, 7) is 2.00. The van der Waals surface area contributed by atoms with E-state index in [2.05, 4.69) is 8.50 Å². The van der Waals surface area contributed by atoms with Crippen LogP contribution < -0.4 is 0 Å². The van der Waals surface area contributed by atoms with E-state index in [9.17, 15) is 17.4 Å². The van der Waals surface area contributed by atoms with Crippen LogP contribution >= 0.6 is 0 Å².